The van der Waals surface area contributed by atoms with Crippen molar-refractivity contribution in [3.05, 3.63) is 69.3 Å². The topological polar surface area (TPSA) is 68.0 Å². The van der Waals surface area contributed by atoms with Crippen LogP contribution in [-0.4, -0.2) is 10.8 Å². The Morgan fingerprint density at radius 1 is 1.17 bits per heavy atom. The van der Waals surface area contributed by atoms with Gasteiger partial charge in [0.05, 0.1) is 5.56 Å². The van der Waals surface area contributed by atoms with Crippen molar-refractivity contribution in [3.8, 4) is 0 Å². The number of nitrogen functional groups attached to an aromatic ring is 1. The number of nitrogens with two attached hydrogens (primary N) is 1. The number of rotatable bonds is 4. The summed E-state index contributed by atoms with van der Waals surface area (Å²) in [5, 5.41) is 3.55. The van der Waals surface area contributed by atoms with E-state index in [4.69, 9.17) is 5.73 Å². The molecular formula is C16H11BrFN3OS. The SMILES string of the molecule is Nc1nc(Nc2ccc(Br)cc2)sc1C(=O)c1ccccc1F. The molecule has 7 heteroatoms. The second-order valence-corrected chi connectivity index (χ2v) is 6.59. The first kappa shape index (κ1) is 15.6. The lowest BCUT2D eigenvalue weighted by Gasteiger charge is -2.01. The second kappa shape index (κ2) is 6.47. The van der Waals surface area contributed by atoms with Gasteiger partial charge in [0.2, 0.25) is 5.78 Å². The third-order valence-corrected chi connectivity index (χ3v) is 4.59. The highest BCUT2D eigenvalue weighted by Crippen LogP contribution is 2.30. The maximum absolute atomic E-state index is 13.8. The van der Waals surface area contributed by atoms with Gasteiger partial charge in [0.15, 0.2) is 5.13 Å². The highest BCUT2D eigenvalue weighted by Gasteiger charge is 2.20. The van der Waals surface area contributed by atoms with Crippen LogP contribution >= 0.6 is 27.3 Å². The van der Waals surface area contributed by atoms with Gasteiger partial charge in [0.1, 0.15) is 16.5 Å². The Labute approximate surface area is 144 Å². The maximum Gasteiger partial charge on any atom is 0.209 e. The van der Waals surface area contributed by atoms with Crippen LogP contribution in [-0.2, 0) is 0 Å². The van der Waals surface area contributed by atoms with Crippen molar-refractivity contribution in [2.45, 2.75) is 0 Å². The van der Waals surface area contributed by atoms with Gasteiger partial charge in [-0.1, -0.05) is 39.4 Å². The van der Waals surface area contributed by atoms with E-state index >= 15 is 0 Å². The van der Waals surface area contributed by atoms with Crippen LogP contribution in [0.15, 0.2) is 53.0 Å². The van der Waals surface area contributed by atoms with Crippen molar-refractivity contribution in [1.82, 2.24) is 4.98 Å². The number of carbonyl (C=O) groups is 1. The van der Waals surface area contributed by atoms with Crippen LogP contribution in [0.3, 0.4) is 0 Å². The fourth-order valence-electron chi connectivity index (χ4n) is 1.97. The summed E-state index contributed by atoms with van der Waals surface area (Å²) in [5.74, 6) is -0.961. The van der Waals surface area contributed by atoms with Gasteiger partial charge < -0.3 is 11.1 Å². The smallest absolute Gasteiger partial charge is 0.209 e. The molecule has 3 N–H and O–H groups in total. The molecule has 2 aromatic carbocycles. The largest absolute Gasteiger partial charge is 0.382 e. The van der Waals surface area contributed by atoms with E-state index in [1.807, 2.05) is 24.3 Å². The molecule has 0 aliphatic heterocycles. The Hall–Kier alpha value is -2.25. The summed E-state index contributed by atoms with van der Waals surface area (Å²) in [5.41, 5.74) is 6.61. The van der Waals surface area contributed by atoms with E-state index in [0.717, 1.165) is 21.5 Å². The lowest BCUT2D eigenvalue weighted by atomic mass is 10.1. The number of hydrogen-bond donors (Lipinski definition) is 2. The standard InChI is InChI=1S/C16H11BrFN3OS/c17-9-5-7-10(8-6-9)20-16-21-15(19)14(23-16)13(22)11-3-1-2-4-12(11)18/h1-8H,19H2,(H,20,21). The van der Waals surface area contributed by atoms with Crippen LogP contribution in [0.5, 0.6) is 0 Å². The third kappa shape index (κ3) is 3.40. The Kier molecular flexibility index (Phi) is 4.40. The highest BCUT2D eigenvalue weighted by molar-refractivity contribution is 9.10. The van der Waals surface area contributed by atoms with E-state index in [2.05, 4.69) is 26.2 Å². The molecule has 0 atom stereocenters. The summed E-state index contributed by atoms with van der Waals surface area (Å²) in [6.45, 7) is 0. The molecule has 0 radical (unpaired) electrons. The summed E-state index contributed by atoms with van der Waals surface area (Å²) in [6, 6.07) is 13.3. The summed E-state index contributed by atoms with van der Waals surface area (Å²) in [4.78, 5) is 16.8. The summed E-state index contributed by atoms with van der Waals surface area (Å²) in [7, 11) is 0. The summed E-state index contributed by atoms with van der Waals surface area (Å²) < 4.78 is 14.7. The Morgan fingerprint density at radius 2 is 1.87 bits per heavy atom. The molecule has 0 amide bonds. The average Bonchev–Trinajstić information content (AvgIpc) is 2.90. The molecule has 0 unspecified atom stereocenters. The molecule has 4 nitrogen and oxygen atoms in total. The maximum atomic E-state index is 13.8. The molecule has 3 rings (SSSR count). The average molecular weight is 392 g/mol. The number of nitrogens with one attached hydrogen (secondary N) is 1. The minimum absolute atomic E-state index is 0.0157. The Morgan fingerprint density at radius 3 is 2.57 bits per heavy atom. The zero-order chi connectivity index (χ0) is 16.4. The molecule has 116 valence electrons. The van der Waals surface area contributed by atoms with E-state index in [1.165, 1.54) is 18.2 Å². The number of carbonyl (C=O) groups excluding carboxylic acids is 1. The van der Waals surface area contributed by atoms with Gasteiger partial charge >= 0.3 is 0 Å². The molecule has 0 spiro atoms. The molecule has 0 saturated carbocycles. The number of nitrogens with zero attached hydrogens (tertiary/aromatic N) is 1. The normalized spacial score (nSPS) is 10.5. The lowest BCUT2D eigenvalue weighted by molar-refractivity contribution is 0.103. The van der Waals surface area contributed by atoms with Crippen LogP contribution in [0.2, 0.25) is 0 Å². The zero-order valence-electron chi connectivity index (χ0n) is 11.7. The van der Waals surface area contributed by atoms with Gasteiger partial charge in [-0.3, -0.25) is 4.79 Å². The quantitative estimate of drug-likeness (QED) is 0.637. The molecule has 23 heavy (non-hydrogen) atoms. The molecule has 0 saturated heterocycles. The van der Waals surface area contributed by atoms with E-state index in [1.54, 1.807) is 6.07 Å². The van der Waals surface area contributed by atoms with Crippen molar-refractivity contribution in [2.24, 2.45) is 0 Å². The molecule has 1 aromatic heterocycles. The number of thiazole rings is 1. The van der Waals surface area contributed by atoms with Gasteiger partial charge in [-0.15, -0.1) is 0 Å². The fourth-order valence-corrected chi connectivity index (χ4v) is 3.10. The third-order valence-electron chi connectivity index (χ3n) is 3.07. The number of anilines is 3. The van der Waals surface area contributed by atoms with Crippen molar-refractivity contribution in [3.63, 3.8) is 0 Å². The van der Waals surface area contributed by atoms with Crippen LogP contribution in [0, 0.1) is 5.82 Å². The van der Waals surface area contributed by atoms with Gasteiger partial charge in [0.25, 0.3) is 0 Å². The molecule has 0 aliphatic rings. The number of ketones is 1. The van der Waals surface area contributed by atoms with Crippen molar-refractivity contribution in [1.29, 1.82) is 0 Å². The molecule has 3 aromatic rings. The lowest BCUT2D eigenvalue weighted by Crippen LogP contribution is -2.04. The van der Waals surface area contributed by atoms with Crippen molar-refractivity contribution >= 4 is 49.7 Å². The Bertz CT molecular complexity index is 864. The van der Waals surface area contributed by atoms with Gasteiger partial charge in [0, 0.05) is 10.2 Å². The molecule has 1 heterocycles. The summed E-state index contributed by atoms with van der Waals surface area (Å²) >= 11 is 4.45. The number of hydrogen-bond acceptors (Lipinski definition) is 5. The molecule has 0 fully saturated rings. The molecule has 0 aliphatic carbocycles. The van der Waals surface area contributed by atoms with E-state index in [9.17, 15) is 9.18 Å². The number of halogens is 2. The zero-order valence-corrected chi connectivity index (χ0v) is 14.1. The molecule has 0 bridgehead atoms. The van der Waals surface area contributed by atoms with Crippen LogP contribution < -0.4 is 11.1 Å². The van der Waals surface area contributed by atoms with E-state index in [0.29, 0.717) is 5.13 Å². The fraction of sp³-hybridized carbons (Fsp3) is 0. The first-order valence-corrected chi connectivity index (χ1v) is 8.23. The van der Waals surface area contributed by atoms with Gasteiger partial charge in [-0.2, -0.15) is 0 Å². The Balaban J connectivity index is 1.88. The minimum atomic E-state index is -0.576. The summed E-state index contributed by atoms with van der Waals surface area (Å²) in [6.07, 6.45) is 0. The number of benzene rings is 2. The van der Waals surface area contributed by atoms with Crippen LogP contribution in [0.25, 0.3) is 0 Å². The first-order chi connectivity index (χ1) is 11.0. The van der Waals surface area contributed by atoms with Crippen LogP contribution in [0.4, 0.5) is 21.0 Å². The minimum Gasteiger partial charge on any atom is -0.382 e. The van der Waals surface area contributed by atoms with E-state index < -0.39 is 11.6 Å². The first-order valence-electron chi connectivity index (χ1n) is 6.62. The predicted octanol–water partition coefficient (Wildman–Crippen LogP) is 4.60. The second-order valence-electron chi connectivity index (χ2n) is 4.67. The highest BCUT2D eigenvalue weighted by atomic mass is 79.9. The van der Waals surface area contributed by atoms with Gasteiger partial charge in [-0.05, 0) is 36.4 Å². The van der Waals surface area contributed by atoms with Crippen molar-refractivity contribution in [2.75, 3.05) is 11.1 Å². The van der Waals surface area contributed by atoms with Gasteiger partial charge in [-0.25, -0.2) is 9.37 Å². The van der Waals surface area contributed by atoms with Crippen molar-refractivity contribution < 1.29 is 9.18 Å². The van der Waals surface area contributed by atoms with E-state index in [-0.39, 0.29) is 16.3 Å². The predicted molar refractivity (Wildman–Crippen MR) is 93.8 cm³/mol. The van der Waals surface area contributed by atoms with Crippen LogP contribution in [0.1, 0.15) is 15.2 Å². The monoisotopic (exact) mass is 391 g/mol. The number of aromatic nitrogens is 1. The molecular weight excluding hydrogens is 381 g/mol.